The lowest BCUT2D eigenvalue weighted by atomic mass is 10.4. The molecule has 0 aromatic heterocycles. The van der Waals surface area contributed by atoms with E-state index in [2.05, 4.69) is 14.6 Å². The van der Waals surface area contributed by atoms with Gasteiger partial charge in [0.25, 0.3) is 0 Å². The van der Waals surface area contributed by atoms with E-state index in [1.807, 2.05) is 5.43 Å². The van der Waals surface area contributed by atoms with Gasteiger partial charge in [0.05, 0.1) is 13.7 Å². The normalized spacial score (nSPS) is 10.5. The highest BCUT2D eigenvalue weighted by atomic mass is 16.6. The summed E-state index contributed by atoms with van der Waals surface area (Å²) in [6, 6.07) is 0. The number of ether oxygens (including phenoxy) is 2. The number of hydrogen-bond acceptors (Lipinski definition) is 5. The van der Waals surface area contributed by atoms with E-state index in [0.29, 0.717) is 0 Å². The van der Waals surface area contributed by atoms with Gasteiger partial charge in [-0.25, -0.2) is 15.0 Å². The molecule has 6 nitrogen and oxygen atoms in total. The summed E-state index contributed by atoms with van der Waals surface area (Å²) in [6.45, 7) is 3.33. The van der Waals surface area contributed by atoms with E-state index >= 15 is 0 Å². The number of nitrogens with one attached hydrogen (secondary N) is 1. The fourth-order valence-electron chi connectivity index (χ4n) is 0.486. The van der Waals surface area contributed by atoms with E-state index in [9.17, 15) is 9.59 Å². The van der Waals surface area contributed by atoms with Crippen molar-refractivity contribution in [1.82, 2.24) is 5.43 Å². The van der Waals surface area contributed by atoms with Crippen LogP contribution < -0.4 is 5.43 Å². The Morgan fingerprint density at radius 2 is 2.08 bits per heavy atom. The van der Waals surface area contributed by atoms with Gasteiger partial charge in [-0.3, -0.25) is 0 Å². The molecule has 1 amide bonds. The minimum atomic E-state index is -0.703. The van der Waals surface area contributed by atoms with Crippen LogP contribution in [0.15, 0.2) is 5.10 Å². The molecule has 0 rings (SSSR count). The number of carbonyl (C=O) groups excluding carboxylic acids is 2. The van der Waals surface area contributed by atoms with Crippen LogP contribution in [0.4, 0.5) is 4.79 Å². The van der Waals surface area contributed by atoms with Gasteiger partial charge in [-0.2, -0.15) is 5.10 Å². The Kier molecular flexibility index (Phi) is 5.25. The van der Waals surface area contributed by atoms with Crippen molar-refractivity contribution in [3.8, 4) is 0 Å². The number of rotatable bonds is 3. The molecule has 0 bridgehead atoms. The molecule has 0 heterocycles. The molecule has 0 aromatic carbocycles. The van der Waals surface area contributed by atoms with Gasteiger partial charge in [0, 0.05) is 0 Å². The molecule has 74 valence electrons. The summed E-state index contributed by atoms with van der Waals surface area (Å²) in [6.07, 6.45) is -0.703. The summed E-state index contributed by atoms with van der Waals surface area (Å²) in [5, 5.41) is 3.43. The molecule has 0 atom stereocenters. The molecule has 0 aliphatic rings. The Morgan fingerprint density at radius 1 is 1.46 bits per heavy atom. The third kappa shape index (κ3) is 4.78. The van der Waals surface area contributed by atoms with Crippen molar-refractivity contribution < 1.29 is 19.1 Å². The summed E-state index contributed by atoms with van der Waals surface area (Å²) in [7, 11) is 1.23. The molecular weight excluding hydrogens is 176 g/mol. The van der Waals surface area contributed by atoms with Crippen LogP contribution in [0.25, 0.3) is 0 Å². The lowest BCUT2D eigenvalue weighted by molar-refractivity contribution is -0.132. The quantitative estimate of drug-likeness (QED) is 0.392. The summed E-state index contributed by atoms with van der Waals surface area (Å²) < 4.78 is 8.84. The zero-order valence-corrected chi connectivity index (χ0v) is 7.79. The van der Waals surface area contributed by atoms with Crippen molar-refractivity contribution in [2.75, 3.05) is 13.7 Å². The van der Waals surface area contributed by atoms with Gasteiger partial charge in [0.15, 0.2) is 0 Å². The summed E-state index contributed by atoms with van der Waals surface area (Å²) in [5.74, 6) is -0.600. The highest BCUT2D eigenvalue weighted by Gasteiger charge is 2.05. The maximum atomic E-state index is 10.7. The summed E-state index contributed by atoms with van der Waals surface area (Å²) in [4.78, 5) is 21.4. The Balaban J connectivity index is 3.96. The first-order chi connectivity index (χ1) is 6.11. The van der Waals surface area contributed by atoms with Crippen LogP contribution in [0.2, 0.25) is 0 Å². The summed E-state index contributed by atoms with van der Waals surface area (Å²) >= 11 is 0. The van der Waals surface area contributed by atoms with Gasteiger partial charge in [0.1, 0.15) is 5.71 Å². The van der Waals surface area contributed by atoms with Gasteiger partial charge < -0.3 is 9.47 Å². The minimum absolute atomic E-state index is 0.0514. The third-order valence-electron chi connectivity index (χ3n) is 1.07. The molecule has 0 fully saturated rings. The molecule has 13 heavy (non-hydrogen) atoms. The molecule has 0 saturated heterocycles. The molecule has 0 aromatic rings. The highest BCUT2D eigenvalue weighted by molar-refractivity contribution is 6.35. The van der Waals surface area contributed by atoms with Gasteiger partial charge in [-0.1, -0.05) is 0 Å². The molecule has 6 heteroatoms. The monoisotopic (exact) mass is 188 g/mol. The number of amides is 1. The first-order valence-electron chi connectivity index (χ1n) is 3.67. The first-order valence-corrected chi connectivity index (χ1v) is 3.67. The lowest BCUT2D eigenvalue weighted by Crippen LogP contribution is -2.23. The van der Waals surface area contributed by atoms with Gasteiger partial charge in [0.2, 0.25) is 0 Å². The van der Waals surface area contributed by atoms with Crippen LogP contribution in [-0.4, -0.2) is 31.5 Å². The molecule has 0 aliphatic carbocycles. The second kappa shape index (κ2) is 5.99. The average molecular weight is 188 g/mol. The molecular formula is C7H12N2O4. The second-order valence-electron chi connectivity index (χ2n) is 2.02. The van der Waals surface area contributed by atoms with Crippen LogP contribution in [0.5, 0.6) is 0 Å². The fourth-order valence-corrected chi connectivity index (χ4v) is 0.486. The zero-order valence-electron chi connectivity index (χ0n) is 7.79. The van der Waals surface area contributed by atoms with Crippen LogP contribution in [0.3, 0.4) is 0 Å². The van der Waals surface area contributed by atoms with Crippen molar-refractivity contribution >= 4 is 17.8 Å². The van der Waals surface area contributed by atoms with Crippen molar-refractivity contribution in [2.24, 2.45) is 5.10 Å². The van der Waals surface area contributed by atoms with Crippen molar-refractivity contribution in [1.29, 1.82) is 0 Å². The maximum absolute atomic E-state index is 10.7. The van der Waals surface area contributed by atoms with Crippen molar-refractivity contribution in [3.05, 3.63) is 0 Å². The first kappa shape index (κ1) is 11.4. The number of hydrazone groups is 1. The highest BCUT2D eigenvalue weighted by Crippen LogP contribution is 1.81. The number of esters is 1. The zero-order chi connectivity index (χ0) is 10.3. The predicted octanol–water partition coefficient (Wildman–Crippen LogP) is 0.281. The van der Waals surface area contributed by atoms with Gasteiger partial charge >= 0.3 is 12.1 Å². The van der Waals surface area contributed by atoms with Crippen molar-refractivity contribution in [2.45, 2.75) is 13.8 Å². The molecule has 0 spiro atoms. The SMILES string of the molecule is CCOC(=O)NN=C(C)C(=O)OC. The van der Waals surface area contributed by atoms with E-state index in [1.54, 1.807) is 6.92 Å². The van der Waals surface area contributed by atoms with E-state index in [1.165, 1.54) is 14.0 Å². The van der Waals surface area contributed by atoms with E-state index in [-0.39, 0.29) is 12.3 Å². The van der Waals surface area contributed by atoms with Crippen molar-refractivity contribution in [3.63, 3.8) is 0 Å². The van der Waals surface area contributed by atoms with E-state index < -0.39 is 12.1 Å². The Morgan fingerprint density at radius 3 is 2.54 bits per heavy atom. The Hall–Kier alpha value is -1.59. The third-order valence-corrected chi connectivity index (χ3v) is 1.07. The maximum Gasteiger partial charge on any atom is 0.427 e. The largest absolute Gasteiger partial charge is 0.464 e. The molecule has 1 N–H and O–H groups in total. The minimum Gasteiger partial charge on any atom is -0.464 e. The van der Waals surface area contributed by atoms with E-state index in [0.717, 1.165) is 0 Å². The molecule has 0 aliphatic heterocycles. The smallest absolute Gasteiger partial charge is 0.427 e. The van der Waals surface area contributed by atoms with Crippen LogP contribution in [-0.2, 0) is 14.3 Å². The lowest BCUT2D eigenvalue weighted by Gasteiger charge is -2.00. The molecule has 0 radical (unpaired) electrons. The molecule has 0 unspecified atom stereocenters. The van der Waals surface area contributed by atoms with E-state index in [4.69, 9.17) is 0 Å². The number of nitrogens with zero attached hydrogens (tertiary/aromatic N) is 1. The van der Waals surface area contributed by atoms with Crippen LogP contribution in [0.1, 0.15) is 13.8 Å². The van der Waals surface area contributed by atoms with Gasteiger partial charge in [-0.05, 0) is 13.8 Å². The number of methoxy groups -OCH3 is 1. The fraction of sp³-hybridized carbons (Fsp3) is 0.571. The topological polar surface area (TPSA) is 77.0 Å². The summed E-state index contributed by atoms with van der Waals surface area (Å²) in [5.41, 5.74) is 2.08. The van der Waals surface area contributed by atoms with Crippen LogP contribution in [0, 0.1) is 0 Å². The standard InChI is InChI=1S/C7H12N2O4/c1-4-13-7(11)9-8-5(2)6(10)12-3/h4H2,1-3H3,(H,9,11). The second-order valence-corrected chi connectivity index (χ2v) is 2.02. The average Bonchev–Trinajstić information content (AvgIpc) is 2.13. The van der Waals surface area contributed by atoms with Crippen LogP contribution >= 0.6 is 0 Å². The predicted molar refractivity (Wildman–Crippen MR) is 45.3 cm³/mol. The van der Waals surface area contributed by atoms with Gasteiger partial charge in [-0.15, -0.1) is 0 Å². The Bertz CT molecular complexity index is 225. The Labute approximate surface area is 75.9 Å². The molecule has 0 saturated carbocycles. The number of hydrogen-bond donors (Lipinski definition) is 1. The number of carbonyl (C=O) groups is 2.